The number of hydrogen-bond acceptors (Lipinski definition) is 2. The number of nitrogens with zero attached hydrogens (tertiary/aromatic N) is 1. The van der Waals surface area contributed by atoms with Crippen LogP contribution in [-0.4, -0.2) is 10.9 Å². The van der Waals surface area contributed by atoms with E-state index in [4.69, 9.17) is 17.3 Å². The van der Waals surface area contributed by atoms with Crippen LogP contribution in [0.25, 0.3) is 11.1 Å². The molecule has 0 unspecified atom stereocenters. The second-order valence-corrected chi connectivity index (χ2v) is 8.41. The highest BCUT2D eigenvalue weighted by Crippen LogP contribution is 2.41. The van der Waals surface area contributed by atoms with Crippen molar-refractivity contribution in [3.63, 3.8) is 0 Å². The Morgan fingerprint density at radius 3 is 2.41 bits per heavy atom. The van der Waals surface area contributed by atoms with Crippen molar-refractivity contribution < 1.29 is 9.18 Å². The molecule has 1 aromatic heterocycles. The predicted octanol–water partition coefficient (Wildman–Crippen LogP) is 6.93. The number of carbonyl (C=O) groups excluding carboxylic acids is 1. The van der Waals surface area contributed by atoms with Crippen LogP contribution >= 0.6 is 11.6 Å². The van der Waals surface area contributed by atoms with Gasteiger partial charge in [0.25, 0.3) is 0 Å². The summed E-state index contributed by atoms with van der Waals surface area (Å²) in [7, 11) is 0. The van der Waals surface area contributed by atoms with Crippen molar-refractivity contribution in [2.45, 2.75) is 46.5 Å². The van der Waals surface area contributed by atoms with Crippen LogP contribution in [0, 0.1) is 19.7 Å². The molecule has 1 heterocycles. The number of benzene rings is 2. The third-order valence-corrected chi connectivity index (χ3v) is 5.98. The van der Waals surface area contributed by atoms with E-state index in [2.05, 4.69) is 11.1 Å². The van der Waals surface area contributed by atoms with Crippen LogP contribution < -0.4 is 5.73 Å². The number of aryl methyl sites for hydroxylation is 3. The van der Waals surface area contributed by atoms with Gasteiger partial charge in [0.1, 0.15) is 5.82 Å². The molecule has 0 radical (unpaired) electrons. The van der Waals surface area contributed by atoms with Crippen molar-refractivity contribution in [1.82, 2.24) is 4.98 Å². The van der Waals surface area contributed by atoms with Gasteiger partial charge in [-0.15, -0.1) is 0 Å². The molecule has 0 bridgehead atoms. The first-order valence-electron chi connectivity index (χ1n) is 10.8. The number of carbonyl (C=O) groups is 1. The lowest BCUT2D eigenvalue weighted by Gasteiger charge is -2.12. The van der Waals surface area contributed by atoms with Crippen molar-refractivity contribution in [2.24, 2.45) is 5.73 Å². The Bertz CT molecular complexity index is 1150. The number of nitrogens with two attached hydrogens (primary N) is 1. The number of allylic oxidation sites excluding steroid dienone is 2. The van der Waals surface area contributed by atoms with Crippen LogP contribution in [0.1, 0.15) is 64.5 Å². The van der Waals surface area contributed by atoms with Gasteiger partial charge >= 0.3 is 0 Å². The lowest BCUT2D eigenvalue weighted by Crippen LogP contribution is -2.13. The van der Waals surface area contributed by atoms with Gasteiger partial charge in [-0.1, -0.05) is 42.8 Å². The topological polar surface area (TPSA) is 56.0 Å². The first kappa shape index (κ1) is 23.7. The summed E-state index contributed by atoms with van der Waals surface area (Å²) in [5.74, 6) is -0.544. The molecule has 0 atom stereocenters. The van der Waals surface area contributed by atoms with Crippen LogP contribution in [0.15, 0.2) is 54.7 Å². The summed E-state index contributed by atoms with van der Waals surface area (Å²) >= 11 is 6.13. The van der Waals surface area contributed by atoms with Crippen molar-refractivity contribution >= 4 is 28.7 Å². The summed E-state index contributed by atoms with van der Waals surface area (Å²) in [6.45, 7) is 5.95. The lowest BCUT2D eigenvalue weighted by molar-refractivity contribution is 0.0999. The van der Waals surface area contributed by atoms with E-state index in [9.17, 15) is 9.18 Å². The molecule has 0 saturated carbocycles. The van der Waals surface area contributed by atoms with Gasteiger partial charge in [0.05, 0.1) is 5.02 Å². The van der Waals surface area contributed by atoms with E-state index in [1.54, 1.807) is 18.3 Å². The monoisotopic (exact) mass is 450 g/mol. The zero-order valence-corrected chi connectivity index (χ0v) is 19.5. The summed E-state index contributed by atoms with van der Waals surface area (Å²) in [6, 6.07) is 14.5. The standard InChI is InChI=1S/C19H19ClN2O.C8H9F/c1-11-6-7-13(8-17(11)19(21)23)15-4-3-5-16(15)18-9-14(20)10-22-12(18)2;1-2-7-3-5-8(9)6-4-7/h6-10H,3-5H2,1-2H3,(H2,21,23);3-6H,2H2,1H3. The maximum absolute atomic E-state index is 12.2. The minimum Gasteiger partial charge on any atom is -0.366 e. The highest BCUT2D eigenvalue weighted by molar-refractivity contribution is 6.30. The highest BCUT2D eigenvalue weighted by atomic mass is 35.5. The number of pyridine rings is 1. The fourth-order valence-electron chi connectivity index (χ4n) is 3.97. The number of aromatic nitrogens is 1. The summed E-state index contributed by atoms with van der Waals surface area (Å²) < 4.78 is 12.2. The van der Waals surface area contributed by atoms with E-state index in [1.165, 1.54) is 28.8 Å². The third kappa shape index (κ3) is 5.63. The Kier molecular flexibility index (Phi) is 7.81. The van der Waals surface area contributed by atoms with Gasteiger partial charge in [-0.2, -0.15) is 0 Å². The second-order valence-electron chi connectivity index (χ2n) is 7.97. The zero-order chi connectivity index (χ0) is 23.3. The molecule has 1 aliphatic carbocycles. The quantitative estimate of drug-likeness (QED) is 0.468. The van der Waals surface area contributed by atoms with Crippen molar-refractivity contribution in [3.8, 4) is 0 Å². The van der Waals surface area contributed by atoms with Crippen LogP contribution in [0.3, 0.4) is 0 Å². The first-order chi connectivity index (χ1) is 15.3. The van der Waals surface area contributed by atoms with Crippen molar-refractivity contribution in [3.05, 3.63) is 99.1 Å². The summed E-state index contributed by atoms with van der Waals surface area (Å²) in [5, 5.41) is 0.645. The third-order valence-electron chi connectivity index (χ3n) is 5.77. The molecule has 2 aromatic carbocycles. The van der Waals surface area contributed by atoms with E-state index >= 15 is 0 Å². The molecule has 0 fully saturated rings. The zero-order valence-electron chi connectivity index (χ0n) is 18.7. The van der Waals surface area contributed by atoms with Gasteiger partial charge in [-0.3, -0.25) is 9.78 Å². The van der Waals surface area contributed by atoms with Crippen LogP contribution in [-0.2, 0) is 6.42 Å². The molecular formula is C27H28ClFN2O. The van der Waals surface area contributed by atoms with Gasteiger partial charge in [0.2, 0.25) is 5.91 Å². The molecule has 1 aliphatic rings. The Hall–Kier alpha value is -2.98. The smallest absolute Gasteiger partial charge is 0.248 e. The molecular weight excluding hydrogens is 423 g/mol. The number of amides is 1. The summed E-state index contributed by atoms with van der Waals surface area (Å²) in [6.07, 6.45) is 5.73. The lowest BCUT2D eigenvalue weighted by atomic mass is 9.94. The molecule has 5 heteroatoms. The van der Waals surface area contributed by atoms with E-state index in [-0.39, 0.29) is 11.7 Å². The molecule has 0 spiro atoms. The highest BCUT2D eigenvalue weighted by Gasteiger charge is 2.20. The normalized spacial score (nSPS) is 13.0. The largest absolute Gasteiger partial charge is 0.366 e. The molecule has 0 saturated heterocycles. The maximum Gasteiger partial charge on any atom is 0.248 e. The molecule has 4 rings (SSSR count). The molecule has 0 aliphatic heterocycles. The number of rotatable bonds is 4. The van der Waals surface area contributed by atoms with Crippen LogP contribution in [0.5, 0.6) is 0 Å². The van der Waals surface area contributed by atoms with Gasteiger partial charge in [0, 0.05) is 23.0 Å². The molecule has 3 aromatic rings. The average Bonchev–Trinajstić information content (AvgIpc) is 3.26. The Morgan fingerprint density at radius 2 is 1.75 bits per heavy atom. The number of halogens is 2. The Labute approximate surface area is 194 Å². The summed E-state index contributed by atoms with van der Waals surface area (Å²) in [5.41, 5.74) is 13.8. The first-order valence-corrected chi connectivity index (χ1v) is 11.2. The second kappa shape index (κ2) is 10.6. The van der Waals surface area contributed by atoms with Crippen LogP contribution in [0.4, 0.5) is 4.39 Å². The van der Waals surface area contributed by atoms with E-state index in [1.807, 2.05) is 39.0 Å². The minimum atomic E-state index is -0.384. The average molecular weight is 451 g/mol. The fourth-order valence-corrected chi connectivity index (χ4v) is 4.13. The molecule has 2 N–H and O–H groups in total. The van der Waals surface area contributed by atoms with Gasteiger partial charge in [0.15, 0.2) is 0 Å². The fraction of sp³-hybridized carbons (Fsp3) is 0.259. The minimum absolute atomic E-state index is 0.160. The van der Waals surface area contributed by atoms with Crippen molar-refractivity contribution in [1.29, 1.82) is 0 Å². The van der Waals surface area contributed by atoms with Crippen LogP contribution in [0.2, 0.25) is 5.02 Å². The van der Waals surface area contributed by atoms with Gasteiger partial charge in [-0.25, -0.2) is 4.39 Å². The summed E-state index contributed by atoms with van der Waals surface area (Å²) in [4.78, 5) is 16.0. The molecule has 32 heavy (non-hydrogen) atoms. The number of primary amides is 1. The predicted molar refractivity (Wildman–Crippen MR) is 130 cm³/mol. The van der Waals surface area contributed by atoms with E-state index < -0.39 is 0 Å². The number of hydrogen-bond donors (Lipinski definition) is 1. The molecule has 1 amide bonds. The van der Waals surface area contributed by atoms with Gasteiger partial charge in [-0.05, 0) is 91.6 Å². The van der Waals surface area contributed by atoms with E-state index in [0.29, 0.717) is 10.6 Å². The van der Waals surface area contributed by atoms with E-state index in [0.717, 1.165) is 48.1 Å². The Balaban J connectivity index is 0.000000269. The van der Waals surface area contributed by atoms with Gasteiger partial charge < -0.3 is 5.73 Å². The molecule has 166 valence electrons. The molecule has 3 nitrogen and oxygen atoms in total. The maximum atomic E-state index is 12.2. The SMILES string of the molecule is CCc1ccc(F)cc1.Cc1ccc(C2=C(c3cc(Cl)cnc3C)CCC2)cc1C(N)=O. The Morgan fingerprint density at radius 1 is 1.06 bits per heavy atom. The van der Waals surface area contributed by atoms with Crippen molar-refractivity contribution in [2.75, 3.05) is 0 Å².